The first kappa shape index (κ1) is 34.6. The van der Waals surface area contributed by atoms with E-state index in [0.29, 0.717) is 11.4 Å². The Kier molecular flexibility index (Phi) is 10.8. The minimum absolute atomic E-state index is 0.120. The summed E-state index contributed by atoms with van der Waals surface area (Å²) in [7, 11) is -4.45. The zero-order valence-electron chi connectivity index (χ0n) is 26.6. The van der Waals surface area contributed by atoms with Crippen LogP contribution in [0.4, 0.5) is 5.82 Å². The first-order valence-electron chi connectivity index (χ1n) is 15.5. The van der Waals surface area contributed by atoms with E-state index in [9.17, 15) is 24.2 Å². The predicted octanol–water partition coefficient (Wildman–Crippen LogP) is 3.87. The summed E-state index contributed by atoms with van der Waals surface area (Å²) in [6.45, 7) is 2.98. The fourth-order valence-electron chi connectivity index (χ4n) is 5.11. The molecule has 1 aromatic carbocycles. The van der Waals surface area contributed by atoms with E-state index >= 15 is 0 Å². The highest BCUT2D eigenvalue weighted by Crippen LogP contribution is 2.47. The Morgan fingerprint density at radius 3 is 2.40 bits per heavy atom. The van der Waals surface area contributed by atoms with Gasteiger partial charge in [0.25, 0.3) is 6.26 Å². The summed E-state index contributed by atoms with van der Waals surface area (Å²) in [5, 5.41) is 16.4. The molecule has 16 nitrogen and oxygen atoms in total. The van der Waals surface area contributed by atoms with Gasteiger partial charge in [-0.25, -0.2) is 14.1 Å². The predicted molar refractivity (Wildman–Crippen MR) is 167 cm³/mol. The highest BCUT2D eigenvalue weighted by molar-refractivity contribution is 7.52. The van der Waals surface area contributed by atoms with Crippen molar-refractivity contribution in [3.63, 3.8) is 0 Å². The van der Waals surface area contributed by atoms with Crippen LogP contribution in [0, 0.1) is 11.5 Å². The van der Waals surface area contributed by atoms with Gasteiger partial charge in [-0.3, -0.25) is 18.9 Å². The van der Waals surface area contributed by atoms with Gasteiger partial charge in [-0.2, -0.15) is 15.4 Å². The molecule has 2 saturated carbocycles. The maximum atomic E-state index is 14.3. The average molecular weight is 685 g/mol. The molecule has 256 valence electrons. The number of hydrogen-bond acceptors (Lipinski definition) is 14. The number of fused-ring (bicyclic) bond motifs is 1. The minimum Gasteiger partial charge on any atom is -0.461 e. The highest BCUT2D eigenvalue weighted by Gasteiger charge is 2.42. The van der Waals surface area contributed by atoms with Gasteiger partial charge in [-0.15, -0.1) is 0 Å². The Balaban J connectivity index is 1.44. The van der Waals surface area contributed by atoms with Crippen LogP contribution in [0.2, 0.25) is 0 Å². The smallest absolute Gasteiger partial charge is 0.459 e. The van der Waals surface area contributed by atoms with Gasteiger partial charge in [0.05, 0.1) is 5.69 Å². The van der Waals surface area contributed by atoms with E-state index in [1.807, 2.05) is 12.1 Å². The lowest BCUT2D eigenvalue weighted by atomic mass is 9.96. The summed E-state index contributed by atoms with van der Waals surface area (Å²) in [5.41, 5.74) is 7.64. The topological polar surface area (TPSA) is 216 Å². The molecule has 48 heavy (non-hydrogen) atoms. The van der Waals surface area contributed by atoms with E-state index in [0.717, 1.165) is 51.5 Å². The van der Waals surface area contributed by atoms with Crippen molar-refractivity contribution >= 4 is 37.0 Å². The molecule has 2 aromatic heterocycles. The molecule has 2 fully saturated rings. The number of nitrogens with two attached hydrogens (primary N) is 1. The molecule has 0 radical (unpaired) electrons. The molecule has 1 unspecified atom stereocenters. The van der Waals surface area contributed by atoms with Gasteiger partial charge in [0.1, 0.15) is 36.3 Å². The van der Waals surface area contributed by atoms with E-state index in [1.165, 1.54) is 30.1 Å². The van der Waals surface area contributed by atoms with E-state index in [-0.39, 0.29) is 23.4 Å². The second-order valence-electron chi connectivity index (χ2n) is 11.6. The third kappa shape index (κ3) is 8.60. The van der Waals surface area contributed by atoms with E-state index < -0.39 is 56.6 Å². The normalized spacial score (nSPS) is 18.2. The number of aromatic nitrogens is 3. The Labute approximate surface area is 276 Å². The van der Waals surface area contributed by atoms with Crippen LogP contribution in [0.1, 0.15) is 76.2 Å². The number of benzene rings is 1. The number of esters is 3. The number of nitrogens with one attached hydrogen (secondary N) is 1. The molecule has 3 aromatic rings. The summed E-state index contributed by atoms with van der Waals surface area (Å²) < 4.78 is 49.1. The van der Waals surface area contributed by atoms with Crippen LogP contribution in [-0.4, -0.2) is 63.5 Å². The quantitative estimate of drug-likeness (QED) is 0.0948. The lowest BCUT2D eigenvalue weighted by Crippen LogP contribution is -2.43. The van der Waals surface area contributed by atoms with Gasteiger partial charge in [-0.1, -0.05) is 12.1 Å². The largest absolute Gasteiger partial charge is 0.461 e. The molecular formula is C31H37N6O10P. The summed E-state index contributed by atoms with van der Waals surface area (Å²) >= 11 is 0. The van der Waals surface area contributed by atoms with Crippen LogP contribution in [-0.2, 0) is 42.4 Å². The Morgan fingerprint density at radius 1 is 1.08 bits per heavy atom. The van der Waals surface area contributed by atoms with Gasteiger partial charge >= 0.3 is 25.7 Å². The second-order valence-corrected chi connectivity index (χ2v) is 13.3. The van der Waals surface area contributed by atoms with Crippen LogP contribution in [0.3, 0.4) is 0 Å². The van der Waals surface area contributed by atoms with Gasteiger partial charge in [-0.05, 0) is 74.8 Å². The monoisotopic (exact) mass is 684 g/mol. The molecule has 17 heteroatoms. The molecular weight excluding hydrogens is 647 g/mol. The van der Waals surface area contributed by atoms with Gasteiger partial charge in [0.2, 0.25) is 0 Å². The van der Waals surface area contributed by atoms with Crippen molar-refractivity contribution in [2.24, 2.45) is 0 Å². The fourth-order valence-corrected chi connectivity index (χ4v) is 6.62. The number of rotatable bonds is 16. The number of hydrogen-bond donors (Lipinski definition) is 2. The van der Waals surface area contributed by atoms with Crippen LogP contribution in [0.15, 0.2) is 42.7 Å². The molecule has 0 spiro atoms. The van der Waals surface area contributed by atoms with Crippen molar-refractivity contribution < 1.29 is 46.9 Å². The first-order chi connectivity index (χ1) is 23.0. The molecule has 5 rings (SSSR count). The Bertz CT molecular complexity index is 1720. The first-order valence-corrected chi connectivity index (χ1v) is 17.0. The molecule has 0 aliphatic heterocycles. The van der Waals surface area contributed by atoms with Crippen LogP contribution >= 0.6 is 7.75 Å². The van der Waals surface area contributed by atoms with Crippen molar-refractivity contribution in [2.45, 2.75) is 89.3 Å². The van der Waals surface area contributed by atoms with Crippen molar-refractivity contribution in [1.29, 1.82) is 5.26 Å². The van der Waals surface area contributed by atoms with E-state index in [1.54, 1.807) is 18.2 Å². The molecule has 5 atom stereocenters. The molecule has 0 amide bonds. The third-order valence-electron chi connectivity index (χ3n) is 7.87. The summed E-state index contributed by atoms with van der Waals surface area (Å²) in [5.74, 6) is -1.48. The van der Waals surface area contributed by atoms with Crippen LogP contribution < -0.4 is 15.3 Å². The lowest BCUT2D eigenvalue weighted by molar-refractivity contribution is -0.177. The molecule has 2 aliphatic carbocycles. The zero-order valence-corrected chi connectivity index (χ0v) is 27.5. The van der Waals surface area contributed by atoms with Crippen molar-refractivity contribution in [2.75, 3.05) is 12.3 Å². The molecule has 3 N–H and O–H groups in total. The Morgan fingerprint density at radius 2 is 1.79 bits per heavy atom. The van der Waals surface area contributed by atoms with Gasteiger partial charge < -0.3 is 29.2 Å². The molecule has 2 heterocycles. The highest BCUT2D eigenvalue weighted by atomic mass is 31.2. The number of nitrogens with zero attached hydrogens (tertiary/aromatic N) is 4. The van der Waals surface area contributed by atoms with Crippen LogP contribution in [0.25, 0.3) is 5.52 Å². The number of carbonyl (C=O) groups excluding carboxylic acids is 3. The number of nitrogen functional groups attached to an aromatic ring is 1. The number of anilines is 1. The SMILES string of the molecule is CC(=O)O[C@H]([C@@H](COP(=O)(N[C@@H](C)C(=O)OC1CCC1)Oc1ccc(C2CC2)cc1)OC#N)[C@@H](OC(C)=O)c1ccc2c(N)ncnn12. The van der Waals surface area contributed by atoms with Gasteiger partial charge in [0, 0.05) is 13.8 Å². The van der Waals surface area contributed by atoms with E-state index in [4.69, 9.17) is 33.7 Å². The summed E-state index contributed by atoms with van der Waals surface area (Å²) in [6.07, 6.45) is 2.57. The number of carbonyl (C=O) groups is 3. The summed E-state index contributed by atoms with van der Waals surface area (Å²) in [6, 6.07) is 8.92. The fraction of sp³-hybridized carbons (Fsp3) is 0.484. The second kappa shape index (κ2) is 15.0. The van der Waals surface area contributed by atoms with Gasteiger partial charge in [0.15, 0.2) is 24.1 Å². The van der Waals surface area contributed by atoms with Crippen molar-refractivity contribution in [1.82, 2.24) is 19.7 Å². The average Bonchev–Trinajstić information content (AvgIpc) is 3.77. The van der Waals surface area contributed by atoms with E-state index in [2.05, 4.69) is 15.2 Å². The molecule has 0 bridgehead atoms. The summed E-state index contributed by atoms with van der Waals surface area (Å²) in [4.78, 5) is 41.4. The maximum absolute atomic E-state index is 14.3. The lowest BCUT2D eigenvalue weighted by Gasteiger charge is -2.31. The van der Waals surface area contributed by atoms with Crippen LogP contribution in [0.5, 0.6) is 5.75 Å². The number of ether oxygens (including phenoxy) is 4. The van der Waals surface area contributed by atoms with Crippen molar-refractivity contribution in [3.05, 3.63) is 54.0 Å². The molecule has 0 saturated heterocycles. The molecule has 2 aliphatic rings. The maximum Gasteiger partial charge on any atom is 0.459 e. The third-order valence-corrected chi connectivity index (χ3v) is 9.51. The minimum atomic E-state index is -4.45. The standard InChI is InChI=1S/C31H37N6O10P/c1-18(31(40)46-23-5-4-6-23)36-48(41,47-24-11-9-22(10-12-24)21-7-8-21)43-15-27(42-16-32)29(45-20(3)39)28(44-19(2)38)25-13-14-26-30(33)34-17-35-37(25)26/h9-14,17-18,21,23,27-29H,4-8,15H2,1-3H3,(H,36,41)(H2,33,34,35)/t18-,27+,28-,29+,48?/m0/s1. The number of nitriles is 1. The van der Waals surface area contributed by atoms with Crippen molar-refractivity contribution in [3.8, 4) is 12.0 Å². The zero-order chi connectivity index (χ0) is 34.4. The Hall–Kier alpha value is -4.71.